The smallest absolute Gasteiger partial charge is 0.293 e. The fraction of sp³-hybridized carbons (Fsp3) is 0.348. The number of nitrogens with one attached hydrogen (secondary N) is 2. The summed E-state index contributed by atoms with van der Waals surface area (Å²) in [5.74, 6) is -1.33. The molecule has 0 radical (unpaired) electrons. The Morgan fingerprint density at radius 2 is 1.89 bits per heavy atom. The summed E-state index contributed by atoms with van der Waals surface area (Å²) in [6.45, 7) is 5.67. The number of carbonyl (C=O) groups is 2. The Balaban J connectivity index is 1.68. The highest BCUT2D eigenvalue weighted by atomic mass is 35.5. The average Bonchev–Trinajstić information content (AvgIpc) is 2.82. The molecule has 3 rings (SSSR count). The molecule has 10 nitrogen and oxygen atoms in total. The van der Waals surface area contributed by atoms with Gasteiger partial charge in [-0.3, -0.25) is 19.7 Å². The number of nitro groups is 1. The van der Waals surface area contributed by atoms with E-state index >= 15 is 0 Å². The van der Waals surface area contributed by atoms with Crippen molar-refractivity contribution in [3.8, 4) is 0 Å². The van der Waals surface area contributed by atoms with Gasteiger partial charge in [-0.2, -0.15) is 5.10 Å². The molecule has 2 aromatic rings. The summed E-state index contributed by atoms with van der Waals surface area (Å²) in [7, 11) is 0. The van der Waals surface area contributed by atoms with E-state index in [4.69, 9.17) is 27.9 Å². The van der Waals surface area contributed by atoms with E-state index in [-0.39, 0.29) is 22.2 Å². The van der Waals surface area contributed by atoms with Crippen molar-refractivity contribution >= 4 is 52.6 Å². The number of hydrogen-bond donors (Lipinski definition) is 2. The van der Waals surface area contributed by atoms with Gasteiger partial charge in [-0.25, -0.2) is 5.43 Å². The molecule has 1 atom stereocenters. The van der Waals surface area contributed by atoms with Gasteiger partial charge in [0.2, 0.25) is 0 Å². The molecular weight excluding hydrogens is 497 g/mol. The molecule has 0 aromatic heterocycles. The lowest BCUT2D eigenvalue weighted by Gasteiger charge is -2.28. The van der Waals surface area contributed by atoms with Crippen LogP contribution in [0.25, 0.3) is 0 Å². The zero-order valence-electron chi connectivity index (χ0n) is 19.2. The standard InChI is InChI=1S/C23H25Cl2N5O5/c1-14(2)21(27-22(31)17-5-4-16(24)12-18(17)25)23(32)28-26-13-15-3-6-19(20(11-15)30(33)34)29-7-9-35-10-8-29/h3-6,11-14,21H,7-10H2,1-2H3,(H,27,31)(H,28,32)/b26-13-. The van der Waals surface area contributed by atoms with Crippen LogP contribution in [0.4, 0.5) is 11.4 Å². The molecule has 1 heterocycles. The lowest BCUT2D eigenvalue weighted by molar-refractivity contribution is -0.384. The van der Waals surface area contributed by atoms with Crippen LogP contribution >= 0.6 is 23.2 Å². The van der Waals surface area contributed by atoms with E-state index in [1.807, 2.05) is 4.90 Å². The van der Waals surface area contributed by atoms with Gasteiger partial charge in [0, 0.05) is 29.7 Å². The van der Waals surface area contributed by atoms with Crippen LogP contribution in [0.2, 0.25) is 10.0 Å². The Kier molecular flexibility index (Phi) is 9.02. The van der Waals surface area contributed by atoms with Crippen molar-refractivity contribution in [1.29, 1.82) is 0 Å². The maximum atomic E-state index is 12.7. The number of anilines is 1. The van der Waals surface area contributed by atoms with Crippen LogP contribution in [-0.4, -0.2) is 55.3 Å². The highest BCUT2D eigenvalue weighted by molar-refractivity contribution is 6.36. The molecule has 0 aliphatic carbocycles. The van der Waals surface area contributed by atoms with Gasteiger partial charge in [0.05, 0.1) is 34.9 Å². The largest absolute Gasteiger partial charge is 0.378 e. The summed E-state index contributed by atoms with van der Waals surface area (Å²) in [5.41, 5.74) is 3.45. The highest BCUT2D eigenvalue weighted by Crippen LogP contribution is 2.29. The maximum absolute atomic E-state index is 12.7. The molecule has 1 fully saturated rings. The Morgan fingerprint density at radius 1 is 1.17 bits per heavy atom. The van der Waals surface area contributed by atoms with Crippen molar-refractivity contribution < 1.29 is 19.2 Å². The van der Waals surface area contributed by atoms with Crippen LogP contribution in [-0.2, 0) is 9.53 Å². The number of morpholine rings is 1. The molecule has 1 aliphatic heterocycles. The van der Waals surface area contributed by atoms with Crippen molar-refractivity contribution in [3.63, 3.8) is 0 Å². The van der Waals surface area contributed by atoms with Gasteiger partial charge in [-0.15, -0.1) is 0 Å². The summed E-state index contributed by atoms with van der Waals surface area (Å²) in [6.07, 6.45) is 1.31. The lowest BCUT2D eigenvalue weighted by atomic mass is 10.0. The number of benzene rings is 2. The molecule has 1 unspecified atom stereocenters. The lowest BCUT2D eigenvalue weighted by Crippen LogP contribution is -2.48. The number of rotatable bonds is 8. The molecule has 186 valence electrons. The number of halogens is 2. The van der Waals surface area contributed by atoms with Gasteiger partial charge < -0.3 is 15.0 Å². The van der Waals surface area contributed by atoms with Gasteiger partial charge in [-0.1, -0.05) is 43.1 Å². The summed E-state index contributed by atoms with van der Waals surface area (Å²) >= 11 is 12.0. The third kappa shape index (κ3) is 6.91. The Morgan fingerprint density at radius 3 is 2.51 bits per heavy atom. The van der Waals surface area contributed by atoms with Crippen LogP contribution in [0.15, 0.2) is 41.5 Å². The molecule has 35 heavy (non-hydrogen) atoms. The second-order valence-electron chi connectivity index (χ2n) is 8.16. The zero-order chi connectivity index (χ0) is 25.5. The summed E-state index contributed by atoms with van der Waals surface area (Å²) in [6, 6.07) is 8.27. The topological polar surface area (TPSA) is 126 Å². The van der Waals surface area contributed by atoms with Gasteiger partial charge in [0.25, 0.3) is 17.5 Å². The molecular formula is C23H25Cl2N5O5. The second-order valence-corrected chi connectivity index (χ2v) is 9.00. The third-order valence-corrected chi connectivity index (χ3v) is 5.90. The summed E-state index contributed by atoms with van der Waals surface area (Å²) < 4.78 is 5.31. The van der Waals surface area contributed by atoms with Gasteiger partial charge >= 0.3 is 0 Å². The minimum Gasteiger partial charge on any atom is -0.378 e. The van der Waals surface area contributed by atoms with Gasteiger partial charge in [0.15, 0.2) is 0 Å². The predicted molar refractivity (Wildman–Crippen MR) is 134 cm³/mol. The number of amides is 2. The number of nitro benzene ring substituents is 1. The predicted octanol–water partition coefficient (Wildman–Crippen LogP) is 3.64. The normalized spacial score (nSPS) is 14.7. The quantitative estimate of drug-likeness (QED) is 0.310. The van der Waals surface area contributed by atoms with E-state index in [0.29, 0.717) is 42.6 Å². The fourth-order valence-corrected chi connectivity index (χ4v) is 4.00. The van der Waals surface area contributed by atoms with Gasteiger partial charge in [-0.05, 0) is 30.2 Å². The number of carbonyl (C=O) groups excluding carboxylic acids is 2. The van der Waals surface area contributed by atoms with Crippen LogP contribution in [0.5, 0.6) is 0 Å². The summed E-state index contributed by atoms with van der Waals surface area (Å²) in [5, 5.41) is 18.7. The van der Waals surface area contributed by atoms with E-state index in [1.54, 1.807) is 26.0 Å². The molecule has 0 bridgehead atoms. The third-order valence-electron chi connectivity index (χ3n) is 5.35. The number of hydrazone groups is 1. The summed E-state index contributed by atoms with van der Waals surface area (Å²) in [4.78, 5) is 38.4. The van der Waals surface area contributed by atoms with Crippen molar-refractivity contribution in [2.24, 2.45) is 11.0 Å². The SMILES string of the molecule is CC(C)C(NC(=O)c1ccc(Cl)cc1Cl)C(=O)N/N=C\c1ccc(N2CCOCC2)c([N+](=O)[O-])c1. The molecule has 1 saturated heterocycles. The van der Waals surface area contributed by atoms with Crippen LogP contribution in [0.1, 0.15) is 29.8 Å². The van der Waals surface area contributed by atoms with Crippen molar-refractivity contribution in [1.82, 2.24) is 10.7 Å². The van der Waals surface area contributed by atoms with Crippen LogP contribution < -0.4 is 15.6 Å². The number of ether oxygens (including phenoxy) is 1. The Bertz CT molecular complexity index is 1140. The molecule has 2 amide bonds. The van der Waals surface area contributed by atoms with Crippen molar-refractivity contribution in [2.45, 2.75) is 19.9 Å². The first-order valence-corrected chi connectivity index (χ1v) is 11.6. The Labute approximate surface area is 212 Å². The first-order chi connectivity index (χ1) is 16.7. The minimum absolute atomic E-state index is 0.0608. The van der Waals surface area contributed by atoms with Crippen molar-refractivity contribution in [2.75, 3.05) is 31.2 Å². The number of nitrogens with zero attached hydrogens (tertiary/aromatic N) is 3. The molecule has 0 saturated carbocycles. The Hall–Kier alpha value is -3.21. The van der Waals surface area contributed by atoms with E-state index < -0.39 is 22.8 Å². The number of hydrogen-bond acceptors (Lipinski definition) is 7. The van der Waals surface area contributed by atoms with Crippen LogP contribution in [0, 0.1) is 16.0 Å². The zero-order valence-corrected chi connectivity index (χ0v) is 20.7. The van der Waals surface area contributed by atoms with Crippen molar-refractivity contribution in [3.05, 3.63) is 67.7 Å². The molecule has 0 spiro atoms. The monoisotopic (exact) mass is 521 g/mol. The average molecular weight is 522 g/mol. The maximum Gasteiger partial charge on any atom is 0.293 e. The van der Waals surface area contributed by atoms with E-state index in [0.717, 1.165) is 0 Å². The van der Waals surface area contributed by atoms with E-state index in [2.05, 4.69) is 15.8 Å². The highest BCUT2D eigenvalue weighted by Gasteiger charge is 2.26. The molecule has 2 N–H and O–H groups in total. The van der Waals surface area contributed by atoms with E-state index in [1.165, 1.54) is 30.5 Å². The first-order valence-electron chi connectivity index (χ1n) is 10.9. The second kappa shape index (κ2) is 12.0. The molecule has 1 aliphatic rings. The van der Waals surface area contributed by atoms with Crippen LogP contribution in [0.3, 0.4) is 0 Å². The molecule has 12 heteroatoms. The fourth-order valence-electron chi connectivity index (χ4n) is 3.51. The minimum atomic E-state index is -0.899. The first kappa shape index (κ1) is 26.4. The van der Waals surface area contributed by atoms with Gasteiger partial charge in [0.1, 0.15) is 11.7 Å². The molecule has 2 aromatic carbocycles. The van der Waals surface area contributed by atoms with E-state index in [9.17, 15) is 19.7 Å².